The first-order chi connectivity index (χ1) is 9.58. The zero-order valence-corrected chi connectivity index (χ0v) is 11.4. The normalized spacial score (nSPS) is 10.2. The Morgan fingerprint density at radius 2 is 2.20 bits per heavy atom. The molecule has 0 fully saturated rings. The molecule has 0 aliphatic carbocycles. The Labute approximate surface area is 119 Å². The molecule has 2 aromatic rings. The van der Waals surface area contributed by atoms with Crippen LogP contribution in [0.1, 0.15) is 15.9 Å². The van der Waals surface area contributed by atoms with Gasteiger partial charge in [-0.25, -0.2) is 0 Å². The first-order valence-corrected chi connectivity index (χ1v) is 6.85. The summed E-state index contributed by atoms with van der Waals surface area (Å²) in [6, 6.07) is 5.82. The highest BCUT2D eigenvalue weighted by molar-refractivity contribution is 7.07. The van der Waals surface area contributed by atoms with E-state index < -0.39 is 10.8 Å². The lowest BCUT2D eigenvalue weighted by molar-refractivity contribution is -0.384. The Morgan fingerprint density at radius 3 is 2.85 bits per heavy atom. The number of non-ortho nitro benzene ring substituents is 1. The highest BCUT2D eigenvalue weighted by atomic mass is 32.1. The molecule has 20 heavy (non-hydrogen) atoms. The van der Waals surface area contributed by atoms with E-state index in [1.165, 1.54) is 18.2 Å². The van der Waals surface area contributed by atoms with Crippen molar-refractivity contribution < 1.29 is 9.72 Å². The fraction of sp³-hybridized carbons (Fsp3) is 0.154. The van der Waals surface area contributed by atoms with Gasteiger partial charge in [0.05, 0.1) is 10.5 Å². The van der Waals surface area contributed by atoms with Crippen molar-refractivity contribution in [2.75, 3.05) is 12.3 Å². The van der Waals surface area contributed by atoms with Crippen LogP contribution in [0.25, 0.3) is 0 Å². The fourth-order valence-electron chi connectivity index (χ4n) is 1.70. The highest BCUT2D eigenvalue weighted by Crippen LogP contribution is 2.19. The molecule has 0 bridgehead atoms. The van der Waals surface area contributed by atoms with E-state index in [1.54, 1.807) is 11.3 Å². The van der Waals surface area contributed by atoms with E-state index in [9.17, 15) is 14.9 Å². The fourth-order valence-corrected chi connectivity index (χ4v) is 2.41. The molecular weight excluding hydrogens is 278 g/mol. The van der Waals surface area contributed by atoms with E-state index in [4.69, 9.17) is 5.73 Å². The summed E-state index contributed by atoms with van der Waals surface area (Å²) in [6.45, 7) is 0.456. The Bertz CT molecular complexity index is 626. The molecule has 0 atom stereocenters. The van der Waals surface area contributed by atoms with Crippen LogP contribution in [0, 0.1) is 10.1 Å². The van der Waals surface area contributed by atoms with Crippen LogP contribution in [-0.2, 0) is 6.42 Å². The summed E-state index contributed by atoms with van der Waals surface area (Å²) in [5.41, 5.74) is 7.02. The summed E-state index contributed by atoms with van der Waals surface area (Å²) in [5, 5.41) is 17.4. The van der Waals surface area contributed by atoms with Gasteiger partial charge in [-0.1, -0.05) is 0 Å². The second-order valence-corrected chi connectivity index (χ2v) is 4.95. The lowest BCUT2D eigenvalue weighted by atomic mass is 10.1. The van der Waals surface area contributed by atoms with Crippen molar-refractivity contribution in [3.8, 4) is 0 Å². The lowest BCUT2D eigenvalue weighted by Crippen LogP contribution is -2.26. The molecule has 2 rings (SSSR count). The summed E-state index contributed by atoms with van der Waals surface area (Å²) in [6.07, 6.45) is 0.712. The van der Waals surface area contributed by atoms with E-state index in [2.05, 4.69) is 5.32 Å². The molecule has 0 spiro atoms. The summed E-state index contributed by atoms with van der Waals surface area (Å²) < 4.78 is 0. The summed E-state index contributed by atoms with van der Waals surface area (Å²) in [7, 11) is 0. The number of nitrogens with one attached hydrogen (secondary N) is 1. The number of rotatable bonds is 5. The van der Waals surface area contributed by atoms with E-state index in [-0.39, 0.29) is 16.9 Å². The van der Waals surface area contributed by atoms with Gasteiger partial charge in [-0.2, -0.15) is 11.3 Å². The maximum Gasteiger partial charge on any atom is 0.270 e. The van der Waals surface area contributed by atoms with Crippen LogP contribution in [-0.4, -0.2) is 17.4 Å². The van der Waals surface area contributed by atoms with Crippen molar-refractivity contribution in [1.29, 1.82) is 0 Å². The molecule has 1 aromatic heterocycles. The second-order valence-electron chi connectivity index (χ2n) is 4.17. The predicted octanol–water partition coefficient (Wildman–Crippen LogP) is 2.21. The van der Waals surface area contributed by atoms with Crippen LogP contribution in [0.5, 0.6) is 0 Å². The number of carbonyl (C=O) groups excluding carboxylic acids is 1. The SMILES string of the molecule is Nc1ccc([N+](=O)[O-])cc1C(=O)NCCc1ccsc1. The molecule has 0 saturated carbocycles. The van der Waals surface area contributed by atoms with E-state index in [1.807, 2.05) is 16.8 Å². The number of anilines is 1. The molecule has 0 aliphatic rings. The largest absolute Gasteiger partial charge is 0.398 e. The van der Waals surface area contributed by atoms with Crippen LogP contribution >= 0.6 is 11.3 Å². The third-order valence-electron chi connectivity index (χ3n) is 2.77. The number of thiophene rings is 1. The average molecular weight is 291 g/mol. The van der Waals surface area contributed by atoms with E-state index >= 15 is 0 Å². The number of hydrogen-bond acceptors (Lipinski definition) is 5. The topological polar surface area (TPSA) is 98.3 Å². The van der Waals surface area contributed by atoms with Crippen molar-refractivity contribution in [2.24, 2.45) is 0 Å². The minimum absolute atomic E-state index is 0.129. The average Bonchev–Trinajstić information content (AvgIpc) is 2.92. The maximum atomic E-state index is 12.0. The van der Waals surface area contributed by atoms with Gasteiger partial charge in [0.1, 0.15) is 0 Å². The minimum atomic E-state index is -0.554. The molecule has 104 valence electrons. The molecule has 1 heterocycles. The van der Waals surface area contributed by atoms with Gasteiger partial charge >= 0.3 is 0 Å². The molecule has 6 nitrogen and oxygen atoms in total. The number of amides is 1. The lowest BCUT2D eigenvalue weighted by Gasteiger charge is -2.07. The minimum Gasteiger partial charge on any atom is -0.398 e. The summed E-state index contributed by atoms with van der Waals surface area (Å²) >= 11 is 1.59. The number of nitrogens with two attached hydrogens (primary N) is 1. The van der Waals surface area contributed by atoms with Crippen molar-refractivity contribution in [3.63, 3.8) is 0 Å². The maximum absolute atomic E-state index is 12.0. The van der Waals surface area contributed by atoms with Crippen LogP contribution in [0.3, 0.4) is 0 Å². The number of nitrogens with zero attached hydrogens (tertiary/aromatic N) is 1. The molecular formula is C13H13N3O3S. The molecule has 1 aromatic carbocycles. The number of nitrogen functional groups attached to an aromatic ring is 1. The zero-order valence-electron chi connectivity index (χ0n) is 10.5. The smallest absolute Gasteiger partial charge is 0.270 e. The first-order valence-electron chi connectivity index (χ1n) is 5.91. The van der Waals surface area contributed by atoms with Crippen LogP contribution in [0.2, 0.25) is 0 Å². The molecule has 0 saturated heterocycles. The Balaban J connectivity index is 2.01. The third-order valence-corrected chi connectivity index (χ3v) is 3.50. The van der Waals surface area contributed by atoms with Crippen molar-refractivity contribution >= 4 is 28.6 Å². The van der Waals surface area contributed by atoms with Gasteiger partial charge < -0.3 is 11.1 Å². The standard InChI is InChI=1S/C13H13N3O3S/c14-12-2-1-10(16(18)19)7-11(12)13(17)15-5-3-9-4-6-20-8-9/h1-2,4,6-8H,3,5,14H2,(H,15,17). The Kier molecular flexibility index (Phi) is 4.31. The molecule has 7 heteroatoms. The first kappa shape index (κ1) is 14.0. The molecule has 0 aliphatic heterocycles. The monoisotopic (exact) mass is 291 g/mol. The Morgan fingerprint density at radius 1 is 1.40 bits per heavy atom. The van der Waals surface area contributed by atoms with Crippen LogP contribution < -0.4 is 11.1 Å². The van der Waals surface area contributed by atoms with Crippen molar-refractivity contribution in [3.05, 3.63) is 56.3 Å². The van der Waals surface area contributed by atoms with Gasteiger partial charge in [0.25, 0.3) is 11.6 Å². The quantitative estimate of drug-likeness (QED) is 0.501. The van der Waals surface area contributed by atoms with Gasteiger partial charge in [-0.3, -0.25) is 14.9 Å². The number of hydrogen-bond donors (Lipinski definition) is 2. The van der Waals surface area contributed by atoms with Crippen molar-refractivity contribution in [1.82, 2.24) is 5.32 Å². The second kappa shape index (κ2) is 6.16. The van der Waals surface area contributed by atoms with E-state index in [0.29, 0.717) is 13.0 Å². The number of nitro groups is 1. The van der Waals surface area contributed by atoms with Crippen LogP contribution in [0.15, 0.2) is 35.0 Å². The number of nitro benzene ring substituents is 1. The van der Waals surface area contributed by atoms with E-state index in [0.717, 1.165) is 5.56 Å². The van der Waals surface area contributed by atoms with Crippen molar-refractivity contribution in [2.45, 2.75) is 6.42 Å². The number of carbonyl (C=O) groups is 1. The van der Waals surface area contributed by atoms with Gasteiger partial charge in [-0.05, 0) is 34.9 Å². The molecule has 0 radical (unpaired) electrons. The molecule has 1 amide bonds. The third kappa shape index (κ3) is 3.33. The van der Waals surface area contributed by atoms with Crippen LogP contribution in [0.4, 0.5) is 11.4 Å². The Hall–Kier alpha value is -2.41. The zero-order chi connectivity index (χ0) is 14.5. The van der Waals surface area contributed by atoms with Gasteiger partial charge in [-0.15, -0.1) is 0 Å². The molecule has 3 N–H and O–H groups in total. The number of benzene rings is 1. The van der Waals surface area contributed by atoms with Gasteiger partial charge in [0, 0.05) is 24.4 Å². The summed E-state index contributed by atoms with van der Waals surface area (Å²) in [5.74, 6) is -0.401. The van der Waals surface area contributed by atoms with Gasteiger partial charge in [0.15, 0.2) is 0 Å². The predicted molar refractivity (Wildman–Crippen MR) is 77.9 cm³/mol. The molecule has 0 unspecified atom stereocenters. The van der Waals surface area contributed by atoms with Gasteiger partial charge in [0.2, 0.25) is 0 Å². The summed E-state index contributed by atoms with van der Waals surface area (Å²) in [4.78, 5) is 22.1. The highest BCUT2D eigenvalue weighted by Gasteiger charge is 2.14.